The van der Waals surface area contributed by atoms with Crippen molar-refractivity contribution in [2.75, 3.05) is 5.32 Å². The van der Waals surface area contributed by atoms with Crippen molar-refractivity contribution in [1.29, 1.82) is 0 Å². The van der Waals surface area contributed by atoms with E-state index < -0.39 is 0 Å². The van der Waals surface area contributed by atoms with Gasteiger partial charge in [0.25, 0.3) is 0 Å². The van der Waals surface area contributed by atoms with Crippen LogP contribution in [0.1, 0.15) is 5.56 Å². The van der Waals surface area contributed by atoms with Gasteiger partial charge in [0.2, 0.25) is 0 Å². The molecule has 0 fully saturated rings. The van der Waals surface area contributed by atoms with Gasteiger partial charge in [-0.3, -0.25) is 4.98 Å². The van der Waals surface area contributed by atoms with E-state index in [1.807, 2.05) is 12.1 Å². The zero-order valence-electron chi connectivity index (χ0n) is 8.45. The van der Waals surface area contributed by atoms with Crippen molar-refractivity contribution in [3.63, 3.8) is 0 Å². The molecule has 0 bridgehead atoms. The Morgan fingerprint density at radius 3 is 2.69 bits per heavy atom. The summed E-state index contributed by atoms with van der Waals surface area (Å²) < 4.78 is 14.3. The van der Waals surface area contributed by atoms with Crippen LogP contribution in [0.15, 0.2) is 47.2 Å². The Bertz CT molecular complexity index is 474. The van der Waals surface area contributed by atoms with Crippen molar-refractivity contribution in [2.45, 2.75) is 6.54 Å². The molecule has 0 unspecified atom stereocenters. The molecule has 0 aliphatic rings. The molecule has 0 aliphatic carbocycles. The van der Waals surface area contributed by atoms with E-state index in [0.29, 0.717) is 12.1 Å². The molecule has 0 spiro atoms. The maximum absolute atomic E-state index is 13.4. The van der Waals surface area contributed by atoms with Crippen LogP contribution in [0.3, 0.4) is 0 Å². The smallest absolute Gasteiger partial charge is 0.128 e. The maximum Gasteiger partial charge on any atom is 0.128 e. The second-order valence-corrected chi connectivity index (χ2v) is 4.24. The Hall–Kier alpha value is -1.42. The molecule has 1 heterocycles. The summed E-state index contributed by atoms with van der Waals surface area (Å²) >= 11 is 3.32. The summed E-state index contributed by atoms with van der Waals surface area (Å²) in [6, 6.07) is 8.59. The summed E-state index contributed by atoms with van der Waals surface area (Å²) in [6.45, 7) is 0.454. The van der Waals surface area contributed by atoms with Gasteiger partial charge in [0.15, 0.2) is 0 Å². The number of rotatable bonds is 3. The number of nitrogens with one attached hydrogen (secondary N) is 1. The van der Waals surface area contributed by atoms with Crippen LogP contribution in [-0.4, -0.2) is 4.98 Å². The molecule has 82 valence electrons. The average molecular weight is 281 g/mol. The third-order valence-electron chi connectivity index (χ3n) is 2.17. The van der Waals surface area contributed by atoms with Gasteiger partial charge in [0.1, 0.15) is 5.82 Å². The standard InChI is InChI=1S/C12H10BrFN2/c13-10-1-2-12(14)9(7-10)8-16-11-3-5-15-6-4-11/h1-7H,8H2,(H,15,16). The number of halogens is 2. The number of hydrogen-bond acceptors (Lipinski definition) is 2. The van der Waals surface area contributed by atoms with E-state index >= 15 is 0 Å². The van der Waals surface area contributed by atoms with Crippen molar-refractivity contribution < 1.29 is 4.39 Å². The Balaban J connectivity index is 2.08. The van der Waals surface area contributed by atoms with E-state index in [9.17, 15) is 4.39 Å². The van der Waals surface area contributed by atoms with Crippen molar-refractivity contribution >= 4 is 21.6 Å². The van der Waals surface area contributed by atoms with Crippen LogP contribution in [0.2, 0.25) is 0 Å². The first kappa shape index (κ1) is 11.1. The van der Waals surface area contributed by atoms with Crippen LogP contribution < -0.4 is 5.32 Å². The second-order valence-electron chi connectivity index (χ2n) is 3.33. The zero-order chi connectivity index (χ0) is 11.4. The molecule has 2 nitrogen and oxygen atoms in total. The molecule has 1 aromatic carbocycles. The highest BCUT2D eigenvalue weighted by molar-refractivity contribution is 9.10. The second kappa shape index (κ2) is 5.07. The average Bonchev–Trinajstić information content (AvgIpc) is 2.32. The van der Waals surface area contributed by atoms with Crippen LogP contribution in [0.25, 0.3) is 0 Å². The van der Waals surface area contributed by atoms with Gasteiger partial charge in [0, 0.05) is 34.7 Å². The molecule has 0 aliphatic heterocycles. The summed E-state index contributed by atoms with van der Waals surface area (Å²) in [7, 11) is 0. The number of benzene rings is 1. The van der Waals surface area contributed by atoms with Crippen molar-refractivity contribution in [3.05, 3.63) is 58.6 Å². The molecule has 16 heavy (non-hydrogen) atoms. The molecule has 4 heteroatoms. The lowest BCUT2D eigenvalue weighted by Crippen LogP contribution is -2.01. The van der Waals surface area contributed by atoms with Crippen LogP contribution in [0.5, 0.6) is 0 Å². The van der Waals surface area contributed by atoms with Gasteiger partial charge >= 0.3 is 0 Å². The zero-order valence-corrected chi connectivity index (χ0v) is 10.0. The molecule has 1 aromatic heterocycles. The first-order chi connectivity index (χ1) is 7.75. The summed E-state index contributed by atoms with van der Waals surface area (Å²) in [5, 5.41) is 3.13. The minimum atomic E-state index is -0.204. The SMILES string of the molecule is Fc1ccc(Br)cc1CNc1ccncc1. The minimum Gasteiger partial charge on any atom is -0.381 e. The summed E-state index contributed by atoms with van der Waals surface area (Å²) in [4.78, 5) is 3.91. The minimum absolute atomic E-state index is 0.204. The maximum atomic E-state index is 13.4. The molecular formula is C12H10BrFN2. The van der Waals surface area contributed by atoms with Gasteiger partial charge in [-0.15, -0.1) is 0 Å². The monoisotopic (exact) mass is 280 g/mol. The molecular weight excluding hydrogens is 271 g/mol. The summed E-state index contributed by atoms with van der Waals surface area (Å²) in [5.74, 6) is -0.204. The fourth-order valence-corrected chi connectivity index (χ4v) is 1.75. The largest absolute Gasteiger partial charge is 0.381 e. The van der Waals surface area contributed by atoms with Crippen LogP contribution in [0, 0.1) is 5.82 Å². The van der Waals surface area contributed by atoms with Gasteiger partial charge in [-0.1, -0.05) is 15.9 Å². The number of nitrogens with zero attached hydrogens (tertiary/aromatic N) is 1. The van der Waals surface area contributed by atoms with Crippen molar-refractivity contribution in [2.24, 2.45) is 0 Å². The predicted octanol–water partition coefficient (Wildman–Crippen LogP) is 3.60. The highest BCUT2D eigenvalue weighted by Gasteiger charge is 2.02. The normalized spacial score (nSPS) is 10.1. The van der Waals surface area contributed by atoms with Gasteiger partial charge in [-0.2, -0.15) is 0 Å². The molecule has 0 amide bonds. The Morgan fingerprint density at radius 2 is 1.94 bits per heavy atom. The third kappa shape index (κ3) is 2.79. The van der Waals surface area contributed by atoms with Gasteiger partial charge in [-0.25, -0.2) is 4.39 Å². The number of aromatic nitrogens is 1. The highest BCUT2D eigenvalue weighted by Crippen LogP contribution is 2.16. The molecule has 0 saturated heterocycles. The lowest BCUT2D eigenvalue weighted by Gasteiger charge is -2.07. The Morgan fingerprint density at radius 1 is 1.19 bits per heavy atom. The van der Waals surface area contributed by atoms with E-state index in [0.717, 1.165) is 10.2 Å². The van der Waals surface area contributed by atoms with E-state index in [-0.39, 0.29) is 5.82 Å². The number of hydrogen-bond donors (Lipinski definition) is 1. The Kier molecular flexibility index (Phi) is 3.51. The Labute approximate surface area is 102 Å². The lowest BCUT2D eigenvalue weighted by atomic mass is 10.2. The van der Waals surface area contributed by atoms with E-state index in [1.165, 1.54) is 6.07 Å². The van der Waals surface area contributed by atoms with E-state index in [4.69, 9.17) is 0 Å². The van der Waals surface area contributed by atoms with Crippen LogP contribution >= 0.6 is 15.9 Å². The molecule has 0 saturated carbocycles. The molecule has 2 rings (SSSR count). The quantitative estimate of drug-likeness (QED) is 0.929. The lowest BCUT2D eigenvalue weighted by molar-refractivity contribution is 0.612. The van der Waals surface area contributed by atoms with Gasteiger partial charge < -0.3 is 5.32 Å². The van der Waals surface area contributed by atoms with E-state index in [1.54, 1.807) is 24.5 Å². The summed E-state index contributed by atoms with van der Waals surface area (Å²) in [5.41, 5.74) is 1.56. The number of pyridine rings is 1. The molecule has 0 atom stereocenters. The predicted molar refractivity (Wildman–Crippen MR) is 65.7 cm³/mol. The van der Waals surface area contributed by atoms with Crippen molar-refractivity contribution in [1.82, 2.24) is 4.98 Å². The molecule has 0 radical (unpaired) electrons. The molecule has 2 aromatic rings. The van der Waals surface area contributed by atoms with Crippen LogP contribution in [0.4, 0.5) is 10.1 Å². The highest BCUT2D eigenvalue weighted by atomic mass is 79.9. The third-order valence-corrected chi connectivity index (χ3v) is 2.66. The topological polar surface area (TPSA) is 24.9 Å². The molecule has 1 N–H and O–H groups in total. The van der Waals surface area contributed by atoms with Crippen LogP contribution in [-0.2, 0) is 6.54 Å². The summed E-state index contributed by atoms with van der Waals surface area (Å²) in [6.07, 6.45) is 3.39. The van der Waals surface area contributed by atoms with Gasteiger partial charge in [0.05, 0.1) is 0 Å². The van der Waals surface area contributed by atoms with Crippen molar-refractivity contribution in [3.8, 4) is 0 Å². The van der Waals surface area contributed by atoms with E-state index in [2.05, 4.69) is 26.2 Å². The first-order valence-electron chi connectivity index (χ1n) is 4.83. The number of anilines is 1. The fourth-order valence-electron chi connectivity index (χ4n) is 1.35. The first-order valence-corrected chi connectivity index (χ1v) is 5.63. The fraction of sp³-hybridized carbons (Fsp3) is 0.0833. The van der Waals surface area contributed by atoms with Gasteiger partial charge in [-0.05, 0) is 30.3 Å².